The summed E-state index contributed by atoms with van der Waals surface area (Å²) in [5, 5.41) is 0. The maximum absolute atomic E-state index is 11.2. The van der Waals surface area contributed by atoms with Crippen molar-refractivity contribution < 1.29 is 4.79 Å². The van der Waals surface area contributed by atoms with Gasteiger partial charge in [-0.3, -0.25) is 0 Å². The van der Waals surface area contributed by atoms with Gasteiger partial charge < -0.3 is 15.5 Å². The topological polar surface area (TPSA) is 49.6 Å². The molecule has 0 saturated carbocycles. The van der Waals surface area contributed by atoms with E-state index in [4.69, 9.17) is 5.73 Å². The molecule has 1 unspecified atom stereocenters. The lowest BCUT2D eigenvalue weighted by Gasteiger charge is -2.23. The average Bonchev–Trinajstić information content (AvgIpc) is 1.84. The van der Waals surface area contributed by atoms with Gasteiger partial charge in [0, 0.05) is 33.7 Å². The minimum absolute atomic E-state index is 0.0118. The van der Waals surface area contributed by atoms with Gasteiger partial charge in [-0.2, -0.15) is 0 Å². The molecule has 0 aliphatic rings. The van der Waals surface area contributed by atoms with Gasteiger partial charge in [-0.25, -0.2) is 4.79 Å². The molecule has 0 rings (SSSR count). The van der Waals surface area contributed by atoms with E-state index in [0.29, 0.717) is 6.54 Å². The number of hydrogen-bond acceptors (Lipinski definition) is 2. The Morgan fingerprint density at radius 3 is 2.18 bits per heavy atom. The summed E-state index contributed by atoms with van der Waals surface area (Å²) in [6, 6.07) is 0.0196. The molecule has 0 aromatic rings. The van der Waals surface area contributed by atoms with Gasteiger partial charge in [-0.1, -0.05) is 0 Å². The molecule has 0 radical (unpaired) electrons. The minimum Gasteiger partial charge on any atom is -0.331 e. The van der Waals surface area contributed by atoms with E-state index < -0.39 is 0 Å². The quantitative estimate of drug-likeness (QED) is 0.614. The number of urea groups is 1. The zero-order valence-corrected chi connectivity index (χ0v) is 7.66. The van der Waals surface area contributed by atoms with Crippen molar-refractivity contribution in [2.24, 2.45) is 5.73 Å². The van der Waals surface area contributed by atoms with E-state index in [1.165, 1.54) is 4.90 Å². The number of hydrogen-bond donors (Lipinski definition) is 1. The molecule has 0 aromatic carbocycles. The van der Waals surface area contributed by atoms with Crippen molar-refractivity contribution in [1.82, 2.24) is 9.80 Å². The lowest BCUT2D eigenvalue weighted by Crippen LogP contribution is -2.42. The third-order valence-corrected chi connectivity index (χ3v) is 1.27. The fourth-order valence-electron chi connectivity index (χ4n) is 0.851. The van der Waals surface area contributed by atoms with Gasteiger partial charge in [0.2, 0.25) is 0 Å². The molecule has 0 heterocycles. The number of amides is 2. The Morgan fingerprint density at radius 2 is 1.91 bits per heavy atom. The highest BCUT2D eigenvalue weighted by atomic mass is 16.2. The van der Waals surface area contributed by atoms with Crippen LogP contribution in [-0.4, -0.2) is 49.6 Å². The van der Waals surface area contributed by atoms with E-state index >= 15 is 0 Å². The van der Waals surface area contributed by atoms with Crippen molar-refractivity contribution in [3.63, 3.8) is 0 Å². The van der Waals surface area contributed by atoms with Crippen molar-refractivity contribution in [2.45, 2.75) is 13.0 Å². The Hall–Kier alpha value is -0.770. The number of carbonyl (C=O) groups is 1. The summed E-state index contributed by atoms with van der Waals surface area (Å²) in [6.07, 6.45) is 0. The summed E-state index contributed by atoms with van der Waals surface area (Å²) >= 11 is 0. The number of nitrogens with two attached hydrogens (primary N) is 1. The van der Waals surface area contributed by atoms with Gasteiger partial charge in [-0.15, -0.1) is 0 Å². The first-order valence-corrected chi connectivity index (χ1v) is 3.63. The molecule has 0 aliphatic heterocycles. The van der Waals surface area contributed by atoms with E-state index in [9.17, 15) is 4.79 Å². The van der Waals surface area contributed by atoms with Gasteiger partial charge in [0.1, 0.15) is 0 Å². The number of likely N-dealkylation sites (N-methyl/N-ethyl adjacent to an activating group) is 1. The zero-order chi connectivity index (χ0) is 9.02. The van der Waals surface area contributed by atoms with E-state index in [1.807, 2.05) is 6.92 Å². The number of nitrogens with zero attached hydrogens (tertiary/aromatic N) is 2. The first kappa shape index (κ1) is 10.2. The van der Waals surface area contributed by atoms with Crippen LogP contribution in [0.25, 0.3) is 0 Å². The molecule has 0 aliphatic carbocycles. The molecule has 1 atom stereocenters. The SMILES string of the molecule is CC(N)CN(C)C(=O)N(C)C. The van der Waals surface area contributed by atoms with Crippen LogP contribution >= 0.6 is 0 Å². The summed E-state index contributed by atoms with van der Waals surface area (Å²) in [5.41, 5.74) is 5.52. The molecule has 0 spiro atoms. The Balaban J connectivity index is 3.83. The molecule has 4 nitrogen and oxygen atoms in total. The predicted octanol–water partition coefficient (Wildman–Crippen LogP) is -0.0530. The summed E-state index contributed by atoms with van der Waals surface area (Å²) < 4.78 is 0. The molecular weight excluding hydrogens is 142 g/mol. The highest BCUT2D eigenvalue weighted by molar-refractivity contribution is 5.73. The third kappa shape index (κ3) is 3.83. The molecule has 2 amide bonds. The van der Waals surface area contributed by atoms with Crippen LogP contribution in [0, 0.1) is 0 Å². The summed E-state index contributed by atoms with van der Waals surface area (Å²) in [5.74, 6) is 0. The molecule has 66 valence electrons. The van der Waals surface area contributed by atoms with Gasteiger partial charge in [-0.05, 0) is 6.92 Å². The maximum atomic E-state index is 11.2. The van der Waals surface area contributed by atoms with Crippen LogP contribution in [0.5, 0.6) is 0 Å². The maximum Gasteiger partial charge on any atom is 0.319 e. The minimum atomic E-state index is -0.0118. The standard InChI is InChI=1S/C7H17N3O/c1-6(8)5-10(4)7(11)9(2)3/h6H,5,8H2,1-4H3. The Kier molecular flexibility index (Phi) is 3.89. The van der Waals surface area contributed by atoms with Crippen LogP contribution in [0.2, 0.25) is 0 Å². The van der Waals surface area contributed by atoms with Crippen molar-refractivity contribution in [2.75, 3.05) is 27.7 Å². The van der Waals surface area contributed by atoms with Gasteiger partial charge in [0.15, 0.2) is 0 Å². The van der Waals surface area contributed by atoms with Gasteiger partial charge in [0.05, 0.1) is 0 Å². The van der Waals surface area contributed by atoms with Crippen molar-refractivity contribution in [3.8, 4) is 0 Å². The normalized spacial score (nSPS) is 12.5. The van der Waals surface area contributed by atoms with Crippen LogP contribution in [0.4, 0.5) is 4.79 Å². The Bertz CT molecular complexity index is 134. The van der Waals surface area contributed by atoms with Crippen molar-refractivity contribution in [3.05, 3.63) is 0 Å². The summed E-state index contributed by atoms with van der Waals surface area (Å²) in [4.78, 5) is 14.3. The molecule has 11 heavy (non-hydrogen) atoms. The second kappa shape index (κ2) is 4.18. The molecule has 0 aromatic heterocycles. The van der Waals surface area contributed by atoms with E-state index in [0.717, 1.165) is 0 Å². The van der Waals surface area contributed by atoms with Gasteiger partial charge in [0.25, 0.3) is 0 Å². The van der Waals surface area contributed by atoms with E-state index in [1.54, 1.807) is 26.0 Å². The monoisotopic (exact) mass is 159 g/mol. The second-order valence-electron chi connectivity index (χ2n) is 3.03. The van der Waals surface area contributed by atoms with Gasteiger partial charge >= 0.3 is 6.03 Å². The Morgan fingerprint density at radius 1 is 1.45 bits per heavy atom. The van der Waals surface area contributed by atoms with Crippen molar-refractivity contribution in [1.29, 1.82) is 0 Å². The molecule has 2 N–H and O–H groups in total. The number of rotatable bonds is 2. The van der Waals surface area contributed by atoms with Crippen LogP contribution in [0.1, 0.15) is 6.92 Å². The van der Waals surface area contributed by atoms with E-state index in [2.05, 4.69) is 0 Å². The lowest BCUT2D eigenvalue weighted by atomic mass is 10.3. The van der Waals surface area contributed by atoms with Crippen LogP contribution in [0.3, 0.4) is 0 Å². The Labute approximate surface area is 67.9 Å². The highest BCUT2D eigenvalue weighted by Gasteiger charge is 2.10. The predicted molar refractivity (Wildman–Crippen MR) is 45.4 cm³/mol. The summed E-state index contributed by atoms with van der Waals surface area (Å²) in [6.45, 7) is 2.47. The lowest BCUT2D eigenvalue weighted by molar-refractivity contribution is 0.180. The molecule has 4 heteroatoms. The first-order valence-electron chi connectivity index (χ1n) is 3.63. The smallest absolute Gasteiger partial charge is 0.319 e. The van der Waals surface area contributed by atoms with Crippen molar-refractivity contribution >= 4 is 6.03 Å². The second-order valence-corrected chi connectivity index (χ2v) is 3.03. The molecular formula is C7H17N3O. The van der Waals surface area contributed by atoms with Crippen LogP contribution in [-0.2, 0) is 0 Å². The zero-order valence-electron chi connectivity index (χ0n) is 7.66. The third-order valence-electron chi connectivity index (χ3n) is 1.27. The summed E-state index contributed by atoms with van der Waals surface area (Å²) in [7, 11) is 5.19. The fraction of sp³-hybridized carbons (Fsp3) is 0.857. The largest absolute Gasteiger partial charge is 0.331 e. The highest BCUT2D eigenvalue weighted by Crippen LogP contribution is 1.91. The fourth-order valence-corrected chi connectivity index (χ4v) is 0.851. The van der Waals surface area contributed by atoms with Crippen LogP contribution < -0.4 is 5.73 Å². The molecule has 0 fully saturated rings. The van der Waals surface area contributed by atoms with E-state index in [-0.39, 0.29) is 12.1 Å². The van der Waals surface area contributed by atoms with Crippen LogP contribution in [0.15, 0.2) is 0 Å². The molecule has 0 bridgehead atoms. The molecule has 0 saturated heterocycles. The average molecular weight is 159 g/mol. The first-order chi connectivity index (χ1) is 4.95. The number of carbonyl (C=O) groups excluding carboxylic acids is 1.